The largest absolute Gasteiger partial charge is 1.00 e. The van der Waals surface area contributed by atoms with E-state index in [4.69, 9.17) is 0 Å². The number of rotatable bonds is 2. The quantitative estimate of drug-likeness (QED) is 0.499. The second kappa shape index (κ2) is 5.35. The van der Waals surface area contributed by atoms with Crippen LogP contribution >= 0.6 is 22.6 Å². The molecule has 0 spiro atoms. The minimum Gasteiger partial charge on any atom is -0.448 e. The van der Waals surface area contributed by atoms with Crippen LogP contribution in [-0.4, -0.2) is 16.8 Å². The molecule has 1 aromatic rings. The van der Waals surface area contributed by atoms with Gasteiger partial charge in [-0.1, -0.05) is 0 Å². The molecule has 0 saturated heterocycles. The summed E-state index contributed by atoms with van der Waals surface area (Å²) in [5.74, 6) is 0. The Morgan fingerprint density at radius 1 is 1.50 bits per heavy atom. The van der Waals surface area contributed by atoms with Crippen LogP contribution in [0.3, 0.4) is 0 Å². The van der Waals surface area contributed by atoms with Gasteiger partial charge >= 0.3 is 58.4 Å². The van der Waals surface area contributed by atoms with E-state index in [2.05, 4.69) is 5.10 Å². The van der Waals surface area contributed by atoms with E-state index in [-0.39, 0.29) is 51.4 Å². The van der Waals surface area contributed by atoms with Crippen LogP contribution in [0.2, 0.25) is 0 Å². The number of hydrogen-bond donors (Lipinski definition) is 0. The van der Waals surface area contributed by atoms with E-state index in [1.54, 1.807) is 0 Å². The molecule has 0 amide bonds. The van der Waals surface area contributed by atoms with Crippen molar-refractivity contribution in [1.82, 2.24) is 9.78 Å². The zero-order chi connectivity index (χ0) is 8.48. The fourth-order valence-electron chi connectivity index (χ4n) is 0.650. The van der Waals surface area contributed by atoms with Crippen LogP contribution in [0.1, 0.15) is 0 Å². The molecule has 1 rings (SSSR count). The average Bonchev–Trinajstić information content (AvgIpc) is 2.10. The fraction of sp³-hybridized carbons (Fsp3) is 0.250. The first-order valence-corrected chi connectivity index (χ1v) is 3.94. The molecule has 2 nitrogen and oxygen atoms in total. The van der Waals surface area contributed by atoms with Gasteiger partial charge in [0, 0.05) is 12.6 Å². The number of aromatic nitrogens is 2. The molecule has 0 aliphatic carbocycles. The van der Waals surface area contributed by atoms with E-state index in [1.807, 2.05) is 22.6 Å². The van der Waals surface area contributed by atoms with E-state index < -0.39 is 13.4 Å². The van der Waals surface area contributed by atoms with Gasteiger partial charge in [0.05, 0.1) is 9.77 Å². The molecule has 0 aliphatic rings. The smallest absolute Gasteiger partial charge is 0.448 e. The second-order valence-electron chi connectivity index (χ2n) is 2.09. The molecule has 0 N–H and O–H groups in total. The second-order valence-corrected chi connectivity index (χ2v) is 3.34. The topological polar surface area (TPSA) is 17.8 Å². The zero-order valence-corrected chi connectivity index (χ0v) is 11.6. The SMILES string of the molecule is F[B-](F)(F)Cn1cc(I)cn1.[K+]. The summed E-state index contributed by atoms with van der Waals surface area (Å²) >= 11 is 1.91. The van der Waals surface area contributed by atoms with Crippen molar-refractivity contribution in [2.24, 2.45) is 0 Å². The molecule has 0 radical (unpaired) electrons. The molecule has 0 aromatic carbocycles. The number of hydrogen-bond acceptors (Lipinski definition) is 1. The summed E-state index contributed by atoms with van der Waals surface area (Å²) in [6, 6.07) is 0. The van der Waals surface area contributed by atoms with Crippen LogP contribution in [0, 0.1) is 3.57 Å². The van der Waals surface area contributed by atoms with Gasteiger partial charge in [-0.25, -0.2) is 0 Å². The van der Waals surface area contributed by atoms with Gasteiger partial charge in [0.1, 0.15) is 0 Å². The van der Waals surface area contributed by atoms with E-state index in [9.17, 15) is 12.9 Å². The summed E-state index contributed by atoms with van der Waals surface area (Å²) in [6.07, 6.45) is 1.79. The molecule has 0 fully saturated rings. The maximum atomic E-state index is 11.7. The molecule has 12 heavy (non-hydrogen) atoms. The zero-order valence-electron chi connectivity index (χ0n) is 6.35. The summed E-state index contributed by atoms with van der Waals surface area (Å²) in [5, 5.41) is 3.51. The van der Waals surface area contributed by atoms with Gasteiger partial charge in [-0.2, -0.15) is 5.10 Å². The molecule has 0 unspecified atom stereocenters. The first-order chi connectivity index (χ1) is 4.97. The van der Waals surface area contributed by atoms with E-state index in [1.165, 1.54) is 12.4 Å². The molecule has 0 aliphatic heterocycles. The summed E-state index contributed by atoms with van der Waals surface area (Å²) in [7, 11) is 0. The monoisotopic (exact) mass is 314 g/mol. The Hall–Kier alpha value is 1.43. The van der Waals surface area contributed by atoms with Crippen LogP contribution < -0.4 is 51.4 Å². The molecule has 0 saturated carbocycles. The van der Waals surface area contributed by atoms with Crippen LogP contribution in [0.25, 0.3) is 0 Å². The van der Waals surface area contributed by atoms with Crippen molar-refractivity contribution in [1.29, 1.82) is 0 Å². The number of nitrogens with zero attached hydrogens (tertiary/aromatic N) is 2. The van der Waals surface area contributed by atoms with Gasteiger partial charge in [0.15, 0.2) is 0 Å². The van der Waals surface area contributed by atoms with Gasteiger partial charge < -0.3 is 12.9 Å². The van der Waals surface area contributed by atoms with Crippen LogP contribution in [0.5, 0.6) is 0 Å². The van der Waals surface area contributed by atoms with Crippen molar-refractivity contribution >= 4 is 29.6 Å². The molecular formula is C4H4BF3IKN2. The van der Waals surface area contributed by atoms with Gasteiger partial charge in [-0.15, -0.1) is 0 Å². The summed E-state index contributed by atoms with van der Waals surface area (Å²) in [4.78, 5) is 0. The molecule has 0 bridgehead atoms. The van der Waals surface area contributed by atoms with Gasteiger partial charge in [0.25, 0.3) is 0 Å². The van der Waals surface area contributed by atoms with Gasteiger partial charge in [0.2, 0.25) is 0 Å². The van der Waals surface area contributed by atoms with Crippen molar-refractivity contribution in [3.63, 3.8) is 0 Å². The standard InChI is InChI=1S/C4H4BF3IN2.K/c6-5(7,8)3-11-2-4(9)1-10-11;/h1-2H,3H2;/q-1;+1. The molecule has 1 aromatic heterocycles. The van der Waals surface area contributed by atoms with Crippen molar-refractivity contribution < 1.29 is 64.3 Å². The first-order valence-electron chi connectivity index (χ1n) is 2.86. The average molecular weight is 314 g/mol. The van der Waals surface area contributed by atoms with E-state index in [0.717, 1.165) is 4.68 Å². The Bertz CT molecular complexity index is 251. The maximum absolute atomic E-state index is 11.7. The third-order valence-electron chi connectivity index (χ3n) is 0.996. The Morgan fingerprint density at radius 3 is 2.42 bits per heavy atom. The maximum Gasteiger partial charge on any atom is 1.00 e. The summed E-state index contributed by atoms with van der Waals surface area (Å²) in [5.41, 5.74) is 0. The third-order valence-corrected chi connectivity index (χ3v) is 1.55. The van der Waals surface area contributed by atoms with E-state index >= 15 is 0 Å². The Labute approximate surface area is 124 Å². The van der Waals surface area contributed by atoms with Crippen LogP contribution in [-0.2, 0) is 6.44 Å². The summed E-state index contributed by atoms with van der Waals surface area (Å²) in [6.45, 7) is -4.77. The van der Waals surface area contributed by atoms with Crippen molar-refractivity contribution in [2.75, 3.05) is 0 Å². The van der Waals surface area contributed by atoms with Crippen molar-refractivity contribution in [3.8, 4) is 0 Å². The van der Waals surface area contributed by atoms with Crippen LogP contribution in [0.15, 0.2) is 12.4 Å². The Kier molecular flexibility index (Phi) is 5.98. The first kappa shape index (κ1) is 13.4. The third kappa shape index (κ3) is 5.22. The molecule has 8 heteroatoms. The minimum absolute atomic E-state index is 0. The fourth-order valence-corrected chi connectivity index (χ4v) is 1.10. The molecule has 62 valence electrons. The molecule has 1 heterocycles. The predicted molar refractivity (Wildman–Crippen MR) is 44.0 cm³/mol. The summed E-state index contributed by atoms with van der Waals surface area (Å²) < 4.78 is 36.9. The van der Waals surface area contributed by atoms with Crippen LogP contribution in [0.4, 0.5) is 12.9 Å². The predicted octanol–water partition coefficient (Wildman–Crippen LogP) is -1.12. The Morgan fingerprint density at radius 2 is 2.08 bits per heavy atom. The van der Waals surface area contributed by atoms with E-state index in [0.29, 0.717) is 3.57 Å². The molecule has 0 atom stereocenters. The minimum atomic E-state index is -4.77. The van der Waals surface area contributed by atoms with Gasteiger partial charge in [-0.3, -0.25) is 4.68 Å². The van der Waals surface area contributed by atoms with Crippen molar-refractivity contribution in [3.05, 3.63) is 16.0 Å². The number of halogens is 4. The molecular weight excluding hydrogens is 310 g/mol. The normalized spacial score (nSPS) is 11.0. The van der Waals surface area contributed by atoms with Gasteiger partial charge in [-0.05, 0) is 22.6 Å². The Balaban J connectivity index is 0.00000121. The van der Waals surface area contributed by atoms with Crippen molar-refractivity contribution in [2.45, 2.75) is 6.44 Å².